The topological polar surface area (TPSA) is 24.9 Å². The van der Waals surface area contributed by atoms with Gasteiger partial charge in [0.25, 0.3) is 0 Å². The van der Waals surface area contributed by atoms with Crippen LogP contribution >= 0.6 is 15.9 Å². The van der Waals surface area contributed by atoms with Crippen LogP contribution in [0.5, 0.6) is 0 Å². The van der Waals surface area contributed by atoms with E-state index in [9.17, 15) is 0 Å². The number of nitrogens with one attached hydrogen (secondary N) is 1. The van der Waals surface area contributed by atoms with Crippen molar-refractivity contribution in [2.75, 3.05) is 12.4 Å². The summed E-state index contributed by atoms with van der Waals surface area (Å²) >= 11 is 3.68. The van der Waals surface area contributed by atoms with Crippen LogP contribution in [0.1, 0.15) is 19.0 Å². The highest BCUT2D eigenvalue weighted by molar-refractivity contribution is 9.10. The lowest BCUT2D eigenvalue weighted by Crippen LogP contribution is -1.97. The van der Waals surface area contributed by atoms with Gasteiger partial charge < -0.3 is 5.32 Å². The zero-order chi connectivity index (χ0) is 14.1. The lowest BCUT2D eigenvalue weighted by Gasteiger charge is -2.12. The first-order valence-corrected chi connectivity index (χ1v) is 7.72. The maximum Gasteiger partial charge on any atom is 0.0805 e. The number of benzene rings is 2. The molecule has 1 heterocycles. The Morgan fingerprint density at radius 1 is 1.10 bits per heavy atom. The van der Waals surface area contributed by atoms with Crippen molar-refractivity contribution in [2.45, 2.75) is 19.8 Å². The van der Waals surface area contributed by atoms with Gasteiger partial charge in [-0.1, -0.05) is 53.5 Å². The Hall–Kier alpha value is -1.61. The molecule has 0 amide bonds. The molecule has 20 heavy (non-hydrogen) atoms. The lowest BCUT2D eigenvalue weighted by atomic mass is 10.0. The highest BCUT2D eigenvalue weighted by Gasteiger charge is 2.10. The minimum absolute atomic E-state index is 1.01. The average molecular weight is 329 g/mol. The van der Waals surface area contributed by atoms with Crippen LogP contribution in [-0.4, -0.2) is 12.0 Å². The maximum absolute atomic E-state index is 4.88. The molecule has 0 atom stereocenters. The van der Waals surface area contributed by atoms with Crippen molar-refractivity contribution in [2.24, 2.45) is 0 Å². The van der Waals surface area contributed by atoms with E-state index < -0.39 is 0 Å². The number of nitrogens with zero attached hydrogens (tertiary/aromatic N) is 1. The van der Waals surface area contributed by atoms with E-state index in [-0.39, 0.29) is 0 Å². The molecule has 0 bridgehead atoms. The molecule has 0 aliphatic rings. The van der Waals surface area contributed by atoms with Gasteiger partial charge in [-0.25, -0.2) is 0 Å². The second-order valence-corrected chi connectivity index (χ2v) is 5.82. The van der Waals surface area contributed by atoms with Crippen molar-refractivity contribution < 1.29 is 0 Å². The summed E-state index contributed by atoms with van der Waals surface area (Å²) in [5.41, 5.74) is 3.38. The molecule has 102 valence electrons. The average Bonchev–Trinajstić information content (AvgIpc) is 2.48. The number of halogens is 1. The first-order chi connectivity index (χ1) is 9.74. The van der Waals surface area contributed by atoms with Crippen molar-refractivity contribution in [3.05, 3.63) is 46.6 Å². The van der Waals surface area contributed by atoms with Gasteiger partial charge in [-0.05, 0) is 23.9 Å². The Morgan fingerprint density at radius 2 is 1.85 bits per heavy atom. The van der Waals surface area contributed by atoms with E-state index in [1.807, 2.05) is 7.05 Å². The van der Waals surface area contributed by atoms with Crippen LogP contribution in [0.25, 0.3) is 21.7 Å². The minimum Gasteiger partial charge on any atom is -0.388 e. The number of rotatable bonds is 3. The van der Waals surface area contributed by atoms with Crippen molar-refractivity contribution in [3.8, 4) is 0 Å². The van der Waals surface area contributed by atoms with E-state index in [0.717, 1.165) is 39.6 Å². The third-order valence-corrected chi connectivity index (χ3v) is 4.25. The molecule has 0 fully saturated rings. The third-order valence-electron chi connectivity index (χ3n) is 3.60. The number of aromatic nitrogens is 1. The normalized spacial score (nSPS) is 11.2. The summed E-state index contributed by atoms with van der Waals surface area (Å²) in [4.78, 5) is 4.88. The highest BCUT2D eigenvalue weighted by atomic mass is 79.9. The number of fused-ring (bicyclic) bond motifs is 3. The zero-order valence-electron chi connectivity index (χ0n) is 11.7. The predicted octanol–water partition coefficient (Wildman–Crippen LogP) is 5.14. The monoisotopic (exact) mass is 328 g/mol. The number of hydrogen-bond donors (Lipinski definition) is 1. The second kappa shape index (κ2) is 5.41. The third kappa shape index (κ3) is 2.16. The summed E-state index contributed by atoms with van der Waals surface area (Å²) in [5.74, 6) is 0. The molecule has 0 unspecified atom stereocenters. The summed E-state index contributed by atoms with van der Waals surface area (Å²) in [6.07, 6.45) is 2.12. The van der Waals surface area contributed by atoms with Crippen molar-refractivity contribution in [1.82, 2.24) is 4.98 Å². The molecule has 0 saturated carbocycles. The number of pyridine rings is 1. The molecular weight excluding hydrogens is 312 g/mol. The zero-order valence-corrected chi connectivity index (χ0v) is 13.3. The van der Waals surface area contributed by atoms with Gasteiger partial charge >= 0.3 is 0 Å². The summed E-state index contributed by atoms with van der Waals surface area (Å²) in [7, 11) is 1.97. The van der Waals surface area contributed by atoms with Crippen LogP contribution in [0.15, 0.2) is 40.9 Å². The molecule has 0 aliphatic carbocycles. The molecule has 1 aromatic heterocycles. The molecule has 3 rings (SSSR count). The fourth-order valence-electron chi connectivity index (χ4n) is 2.65. The Kier molecular flexibility index (Phi) is 3.62. The van der Waals surface area contributed by atoms with Crippen LogP contribution < -0.4 is 5.32 Å². The van der Waals surface area contributed by atoms with Crippen molar-refractivity contribution in [1.29, 1.82) is 0 Å². The Labute approximate surface area is 127 Å². The van der Waals surface area contributed by atoms with Gasteiger partial charge in [-0.3, -0.25) is 4.98 Å². The molecule has 0 spiro atoms. The van der Waals surface area contributed by atoms with Crippen LogP contribution in [0, 0.1) is 0 Å². The van der Waals surface area contributed by atoms with Gasteiger partial charge in [0, 0.05) is 33.7 Å². The van der Waals surface area contributed by atoms with E-state index >= 15 is 0 Å². The van der Waals surface area contributed by atoms with E-state index in [1.165, 1.54) is 10.8 Å². The largest absolute Gasteiger partial charge is 0.388 e. The summed E-state index contributed by atoms with van der Waals surface area (Å²) < 4.78 is 1.11. The standard InChI is InChI=1S/C17H17BrN2/c1-3-6-11-9-16(19-2)14-10-15(18)12-7-4-5-8-13(12)17(14)20-11/h4-5,7-10H,3,6H2,1-2H3,(H,19,20). The predicted molar refractivity (Wildman–Crippen MR) is 90.5 cm³/mol. The fraction of sp³-hybridized carbons (Fsp3) is 0.235. The molecule has 2 nitrogen and oxygen atoms in total. The molecular formula is C17H17BrN2. The van der Waals surface area contributed by atoms with Crippen molar-refractivity contribution >= 4 is 43.3 Å². The lowest BCUT2D eigenvalue weighted by molar-refractivity contribution is 0.890. The molecule has 3 aromatic rings. The number of aryl methyl sites for hydroxylation is 1. The summed E-state index contributed by atoms with van der Waals surface area (Å²) in [5, 5.41) is 6.88. The van der Waals surface area contributed by atoms with Gasteiger partial charge in [-0.2, -0.15) is 0 Å². The molecule has 0 aliphatic heterocycles. The Balaban J connectivity index is 2.44. The molecule has 1 N–H and O–H groups in total. The summed E-state index contributed by atoms with van der Waals surface area (Å²) in [6, 6.07) is 12.7. The SMILES string of the molecule is CCCc1cc(NC)c2cc(Br)c3ccccc3c2n1. The van der Waals surface area contributed by atoms with Gasteiger partial charge in [0.05, 0.1) is 5.52 Å². The van der Waals surface area contributed by atoms with E-state index in [4.69, 9.17) is 4.98 Å². The second-order valence-electron chi connectivity index (χ2n) is 4.96. The minimum atomic E-state index is 1.01. The van der Waals surface area contributed by atoms with Crippen LogP contribution in [-0.2, 0) is 6.42 Å². The van der Waals surface area contributed by atoms with Gasteiger partial charge in [0.1, 0.15) is 0 Å². The first kappa shape index (κ1) is 13.4. The molecule has 0 radical (unpaired) electrons. The Morgan fingerprint density at radius 3 is 2.55 bits per heavy atom. The first-order valence-electron chi connectivity index (χ1n) is 6.93. The maximum atomic E-state index is 4.88. The molecule has 2 aromatic carbocycles. The van der Waals surface area contributed by atoms with Crippen LogP contribution in [0.3, 0.4) is 0 Å². The Bertz CT molecular complexity index is 781. The van der Waals surface area contributed by atoms with Crippen LogP contribution in [0.4, 0.5) is 5.69 Å². The number of anilines is 1. The van der Waals surface area contributed by atoms with Gasteiger partial charge in [0.15, 0.2) is 0 Å². The fourth-order valence-corrected chi connectivity index (χ4v) is 3.23. The summed E-state index contributed by atoms with van der Waals surface area (Å²) in [6.45, 7) is 2.19. The highest BCUT2D eigenvalue weighted by Crippen LogP contribution is 2.34. The molecule has 0 saturated heterocycles. The van der Waals surface area contributed by atoms with Gasteiger partial charge in [-0.15, -0.1) is 0 Å². The number of hydrogen-bond acceptors (Lipinski definition) is 2. The van der Waals surface area contributed by atoms with Crippen LogP contribution in [0.2, 0.25) is 0 Å². The molecule has 3 heteroatoms. The van der Waals surface area contributed by atoms with Crippen molar-refractivity contribution in [3.63, 3.8) is 0 Å². The van der Waals surface area contributed by atoms with Gasteiger partial charge in [0.2, 0.25) is 0 Å². The van der Waals surface area contributed by atoms with E-state index in [2.05, 4.69) is 64.6 Å². The smallest absolute Gasteiger partial charge is 0.0805 e. The quantitative estimate of drug-likeness (QED) is 0.673. The van der Waals surface area contributed by atoms with E-state index in [0.29, 0.717) is 0 Å². The van der Waals surface area contributed by atoms with E-state index in [1.54, 1.807) is 0 Å².